The van der Waals surface area contributed by atoms with Gasteiger partial charge in [0.2, 0.25) is 0 Å². The zero-order chi connectivity index (χ0) is 24.2. The molecule has 0 aliphatic rings. The first-order chi connectivity index (χ1) is 16.3. The van der Waals surface area contributed by atoms with Gasteiger partial charge in [0.15, 0.2) is 0 Å². The minimum Gasteiger partial charge on any atom is -0.337 e. The maximum Gasteiger partial charge on any atom is 0.416 e. The molecule has 0 saturated carbocycles. The minimum atomic E-state index is -4.55. The molecule has 0 aliphatic carbocycles. The number of amides is 1. The third-order valence-electron chi connectivity index (χ3n) is 5.52. The molecule has 1 N–H and O–H groups in total. The molecule has 34 heavy (non-hydrogen) atoms. The summed E-state index contributed by atoms with van der Waals surface area (Å²) in [6.07, 6.45) is -2.97. The van der Waals surface area contributed by atoms with Gasteiger partial charge in [-0.1, -0.05) is 72.3 Å². The van der Waals surface area contributed by atoms with E-state index in [-0.39, 0.29) is 12.0 Å². The Labute approximate surface area is 200 Å². The highest BCUT2D eigenvalue weighted by atomic mass is 35.5. The van der Waals surface area contributed by atoms with Crippen molar-refractivity contribution < 1.29 is 18.0 Å². The van der Waals surface area contributed by atoms with Gasteiger partial charge in [0.05, 0.1) is 16.3 Å². The fourth-order valence-corrected chi connectivity index (χ4v) is 3.98. The van der Waals surface area contributed by atoms with Crippen LogP contribution in [-0.2, 0) is 18.1 Å². The van der Waals surface area contributed by atoms with E-state index in [0.717, 1.165) is 17.7 Å². The largest absolute Gasteiger partial charge is 0.416 e. The zero-order valence-corrected chi connectivity index (χ0v) is 18.6. The molecule has 0 bridgehead atoms. The average Bonchev–Trinajstić information content (AvgIpc) is 2.85. The number of alkyl halides is 3. The quantitative estimate of drug-likeness (QED) is 0.335. The summed E-state index contributed by atoms with van der Waals surface area (Å²) in [6.45, 7) is 0. The zero-order valence-electron chi connectivity index (χ0n) is 17.9. The van der Waals surface area contributed by atoms with Crippen LogP contribution >= 0.6 is 11.6 Å². The topological polar surface area (TPSA) is 42.0 Å². The van der Waals surface area contributed by atoms with Gasteiger partial charge in [-0.15, -0.1) is 0 Å². The number of halogens is 4. The van der Waals surface area contributed by atoms with Crippen molar-refractivity contribution in [1.82, 2.24) is 10.3 Å². The second-order valence-electron chi connectivity index (χ2n) is 7.83. The van der Waals surface area contributed by atoms with E-state index < -0.39 is 23.2 Å². The third-order valence-corrected chi connectivity index (χ3v) is 5.75. The summed E-state index contributed by atoms with van der Waals surface area (Å²) in [6, 6.07) is 25.9. The third kappa shape index (κ3) is 5.13. The van der Waals surface area contributed by atoms with Crippen LogP contribution in [0.25, 0.3) is 0 Å². The van der Waals surface area contributed by atoms with Gasteiger partial charge in [0, 0.05) is 18.2 Å². The minimum absolute atomic E-state index is 0.169. The van der Waals surface area contributed by atoms with E-state index in [2.05, 4.69) is 10.3 Å². The molecule has 3 aromatic carbocycles. The first-order valence-electron chi connectivity index (χ1n) is 10.5. The fourth-order valence-electron chi connectivity index (χ4n) is 3.87. The van der Waals surface area contributed by atoms with E-state index in [1.165, 1.54) is 12.3 Å². The lowest BCUT2D eigenvalue weighted by Gasteiger charge is -2.36. The Hall–Kier alpha value is -3.64. The number of carbonyl (C=O) groups is 1. The lowest BCUT2D eigenvalue weighted by atomic mass is 9.79. The average molecular weight is 481 g/mol. The van der Waals surface area contributed by atoms with Crippen molar-refractivity contribution in [3.63, 3.8) is 0 Å². The predicted molar refractivity (Wildman–Crippen MR) is 126 cm³/mol. The van der Waals surface area contributed by atoms with Crippen molar-refractivity contribution in [1.29, 1.82) is 0 Å². The van der Waals surface area contributed by atoms with Crippen LogP contribution in [-0.4, -0.2) is 10.9 Å². The number of nitrogens with zero attached hydrogens (tertiary/aromatic N) is 1. The monoisotopic (exact) mass is 480 g/mol. The Kier molecular flexibility index (Phi) is 6.70. The molecule has 0 radical (unpaired) electrons. The van der Waals surface area contributed by atoms with Crippen molar-refractivity contribution in [2.45, 2.75) is 18.1 Å². The van der Waals surface area contributed by atoms with E-state index in [1.807, 2.05) is 30.3 Å². The molecular weight excluding hydrogens is 461 g/mol. The number of rotatable bonds is 6. The molecule has 1 aromatic heterocycles. The summed E-state index contributed by atoms with van der Waals surface area (Å²) in [5, 5.41) is 3.39. The molecule has 1 heterocycles. The van der Waals surface area contributed by atoms with E-state index >= 15 is 0 Å². The molecule has 0 spiro atoms. The standard InChI is InChI=1S/C27H20ClF3N2O/c28-23-14-15-24(32-18-23)26(17-19-8-3-1-4-9-19,33-25(34)20-10-5-2-6-11-20)21-12-7-13-22(16-21)27(29,30)31/h1-16,18H,17H2,(H,33,34). The molecule has 1 unspecified atom stereocenters. The van der Waals surface area contributed by atoms with Crippen molar-refractivity contribution in [3.8, 4) is 0 Å². The fraction of sp³-hybridized carbons (Fsp3) is 0.111. The van der Waals surface area contributed by atoms with Crippen molar-refractivity contribution >= 4 is 17.5 Å². The maximum atomic E-state index is 13.6. The highest BCUT2D eigenvalue weighted by Crippen LogP contribution is 2.37. The molecular formula is C27H20ClF3N2O. The SMILES string of the molecule is O=C(NC(Cc1ccccc1)(c1cccc(C(F)(F)F)c1)c1ccc(Cl)cn1)c1ccccc1. The Morgan fingerprint density at radius 1 is 0.824 bits per heavy atom. The molecule has 4 rings (SSSR count). The summed E-state index contributed by atoms with van der Waals surface area (Å²) in [7, 11) is 0. The van der Waals surface area contributed by atoms with Gasteiger partial charge >= 0.3 is 6.18 Å². The summed E-state index contributed by atoms with van der Waals surface area (Å²) < 4.78 is 40.9. The van der Waals surface area contributed by atoms with Crippen LogP contribution in [0.15, 0.2) is 103 Å². The number of nitrogens with one attached hydrogen (secondary N) is 1. The summed E-state index contributed by atoms with van der Waals surface area (Å²) in [4.78, 5) is 17.8. The molecule has 3 nitrogen and oxygen atoms in total. The second-order valence-corrected chi connectivity index (χ2v) is 8.26. The molecule has 4 aromatic rings. The van der Waals surface area contributed by atoms with Gasteiger partial charge in [-0.25, -0.2) is 0 Å². The van der Waals surface area contributed by atoms with Crippen LogP contribution in [0.4, 0.5) is 13.2 Å². The number of carbonyl (C=O) groups excluding carboxylic acids is 1. The van der Waals surface area contributed by atoms with E-state index in [1.54, 1.807) is 48.5 Å². The van der Waals surface area contributed by atoms with Crippen LogP contribution < -0.4 is 5.32 Å². The van der Waals surface area contributed by atoms with Crippen molar-refractivity contribution in [2.24, 2.45) is 0 Å². The summed E-state index contributed by atoms with van der Waals surface area (Å²) in [5.41, 5.74) is -0.411. The summed E-state index contributed by atoms with van der Waals surface area (Å²) >= 11 is 6.06. The number of hydrogen-bond acceptors (Lipinski definition) is 2. The maximum absolute atomic E-state index is 13.6. The number of pyridine rings is 1. The van der Waals surface area contributed by atoms with Gasteiger partial charge in [-0.2, -0.15) is 13.2 Å². The predicted octanol–water partition coefficient (Wildman–Crippen LogP) is 6.67. The van der Waals surface area contributed by atoms with Gasteiger partial charge in [-0.3, -0.25) is 9.78 Å². The summed E-state index contributed by atoms with van der Waals surface area (Å²) in [5.74, 6) is -0.439. The number of benzene rings is 3. The number of hydrogen-bond donors (Lipinski definition) is 1. The normalized spacial score (nSPS) is 13.2. The molecule has 7 heteroatoms. The molecule has 1 amide bonds. The Bertz CT molecular complexity index is 1260. The Morgan fingerprint density at radius 2 is 1.47 bits per heavy atom. The van der Waals surface area contributed by atoms with Gasteiger partial charge in [0.1, 0.15) is 5.54 Å². The molecule has 172 valence electrons. The molecule has 1 atom stereocenters. The second kappa shape index (κ2) is 9.69. The van der Waals surface area contributed by atoms with Crippen LogP contribution in [0.2, 0.25) is 5.02 Å². The molecule has 0 saturated heterocycles. The van der Waals surface area contributed by atoms with Gasteiger partial charge in [0.25, 0.3) is 5.91 Å². The highest BCUT2D eigenvalue weighted by Gasteiger charge is 2.40. The van der Waals surface area contributed by atoms with E-state index in [9.17, 15) is 18.0 Å². The Balaban J connectivity index is 1.94. The molecule has 0 aliphatic heterocycles. The van der Waals surface area contributed by atoms with Crippen molar-refractivity contribution in [3.05, 3.63) is 136 Å². The number of aromatic nitrogens is 1. The first kappa shape index (κ1) is 23.5. The van der Waals surface area contributed by atoms with Crippen LogP contribution in [0.1, 0.15) is 32.7 Å². The highest BCUT2D eigenvalue weighted by molar-refractivity contribution is 6.30. The van der Waals surface area contributed by atoms with E-state index in [4.69, 9.17) is 11.6 Å². The van der Waals surface area contributed by atoms with Crippen molar-refractivity contribution in [2.75, 3.05) is 0 Å². The van der Waals surface area contributed by atoms with Crippen LogP contribution in [0.5, 0.6) is 0 Å². The first-order valence-corrected chi connectivity index (χ1v) is 10.9. The Morgan fingerprint density at radius 3 is 2.09 bits per heavy atom. The molecule has 0 fully saturated rings. The lowest BCUT2D eigenvalue weighted by molar-refractivity contribution is -0.137. The van der Waals surface area contributed by atoms with E-state index in [0.29, 0.717) is 16.3 Å². The smallest absolute Gasteiger partial charge is 0.337 e. The van der Waals surface area contributed by atoms with Gasteiger partial charge < -0.3 is 5.32 Å². The van der Waals surface area contributed by atoms with Gasteiger partial charge in [-0.05, 0) is 47.5 Å². The van der Waals surface area contributed by atoms with Crippen LogP contribution in [0, 0.1) is 0 Å². The lowest BCUT2D eigenvalue weighted by Crippen LogP contribution is -2.49. The van der Waals surface area contributed by atoms with Crippen LogP contribution in [0.3, 0.4) is 0 Å².